The third kappa shape index (κ3) is 4.67. The average molecular weight is 541 g/mol. The van der Waals surface area contributed by atoms with E-state index in [1.807, 2.05) is 0 Å². The van der Waals surface area contributed by atoms with Gasteiger partial charge >= 0.3 is 0 Å². The molecule has 1 amide bonds. The van der Waals surface area contributed by atoms with Gasteiger partial charge in [0.2, 0.25) is 24.2 Å². The van der Waals surface area contributed by atoms with Crippen LogP contribution in [0.2, 0.25) is 0 Å². The Labute approximate surface area is 216 Å². The number of nitrogens with one attached hydrogen (secondary N) is 1. The van der Waals surface area contributed by atoms with Crippen LogP contribution in [0.25, 0.3) is 27.7 Å². The highest BCUT2D eigenvalue weighted by atomic mass is 19.3. The molecule has 10 nitrogen and oxygen atoms in total. The molecule has 0 aliphatic carbocycles. The molecule has 5 rings (SSSR count). The number of carbonyl (C=O) groups excluding carboxylic acids is 1. The zero-order valence-corrected chi connectivity index (χ0v) is 19.8. The lowest BCUT2D eigenvalue weighted by Gasteiger charge is -2.38. The van der Waals surface area contributed by atoms with Crippen molar-refractivity contribution >= 4 is 28.4 Å². The van der Waals surface area contributed by atoms with E-state index in [0.717, 1.165) is 10.7 Å². The Morgan fingerprint density at radius 2 is 2.18 bits per heavy atom. The zero-order chi connectivity index (χ0) is 29.7. The van der Waals surface area contributed by atoms with Crippen LogP contribution in [0.3, 0.4) is 0 Å². The van der Waals surface area contributed by atoms with Crippen LogP contribution in [0.5, 0.6) is 5.88 Å². The highest BCUT2D eigenvalue weighted by Crippen LogP contribution is 2.36. The van der Waals surface area contributed by atoms with Gasteiger partial charge in [-0.25, -0.2) is 31.1 Å². The molecule has 38 heavy (non-hydrogen) atoms. The van der Waals surface area contributed by atoms with Gasteiger partial charge in [0.1, 0.15) is 11.0 Å². The molecule has 1 aromatic carbocycles. The van der Waals surface area contributed by atoms with Crippen molar-refractivity contribution in [2.24, 2.45) is 0 Å². The number of amides is 1. The number of ether oxygens (including phenoxy) is 1. The van der Waals surface area contributed by atoms with Gasteiger partial charge in [0.25, 0.3) is 5.92 Å². The molecule has 1 N–H and O–H groups in total. The van der Waals surface area contributed by atoms with E-state index in [0.29, 0.717) is 21.5 Å². The summed E-state index contributed by atoms with van der Waals surface area (Å²) in [5.41, 5.74) is 1.21. The van der Waals surface area contributed by atoms with Crippen LogP contribution in [0.4, 0.5) is 27.9 Å². The smallest absolute Gasteiger partial charge is 0.285 e. The number of hydrogen-bond acceptors (Lipinski definition) is 7. The number of aryl methyl sites for hydroxylation is 1. The standard InChI is InChI=1S/C23H23F5N8O2/c1-12(37)34-7-5-17(23(27,28)11-34)29-22-30-21(38-2)20-19(14(24)10-36(20)32-22)13-3-4-15-16(9-13)35(33-31-15)8-6-18(25)26/h3-4,9-10,17-18H,5-8,11H2,1-2H3,(H,29,32)/t17-/m1/s1/i1D3. The Hall–Kier alpha value is -4.04. The first kappa shape index (κ1) is 22.0. The lowest BCUT2D eigenvalue weighted by atomic mass is 10.0. The minimum absolute atomic E-state index is 0.0127. The van der Waals surface area contributed by atoms with E-state index in [-0.39, 0.29) is 42.4 Å². The number of rotatable bonds is 7. The quantitative estimate of drug-likeness (QED) is 0.357. The summed E-state index contributed by atoms with van der Waals surface area (Å²) in [5, 5.41) is 14.4. The van der Waals surface area contributed by atoms with Crippen molar-refractivity contribution in [2.75, 3.05) is 25.5 Å². The first-order valence-electron chi connectivity index (χ1n) is 13.0. The molecule has 1 aliphatic heterocycles. The Kier molecular flexibility index (Phi) is 5.60. The number of nitrogens with zero attached hydrogens (tertiary/aromatic N) is 7. The fourth-order valence-corrected chi connectivity index (χ4v) is 4.45. The molecule has 1 aliphatic rings. The minimum Gasteiger partial charge on any atom is -0.479 e. The van der Waals surface area contributed by atoms with E-state index in [9.17, 15) is 22.4 Å². The van der Waals surface area contributed by atoms with E-state index in [1.165, 1.54) is 17.9 Å². The van der Waals surface area contributed by atoms with E-state index in [2.05, 4.69) is 25.7 Å². The van der Waals surface area contributed by atoms with E-state index in [4.69, 9.17) is 8.85 Å². The summed E-state index contributed by atoms with van der Waals surface area (Å²) in [6.45, 7) is -4.50. The van der Waals surface area contributed by atoms with E-state index < -0.39 is 49.9 Å². The SMILES string of the molecule is [2H]C([2H])([2H])C(=O)N1CC[C@@H](Nc2nc(OC)c3c(-c4ccc5nnn(CCC(F)F)c5c4)c(F)cn3n2)C(F)(F)C1. The molecule has 0 radical (unpaired) electrons. The first-order chi connectivity index (χ1) is 19.3. The summed E-state index contributed by atoms with van der Waals surface area (Å²) in [6, 6.07) is 3.06. The van der Waals surface area contributed by atoms with Crippen LogP contribution >= 0.6 is 0 Å². The van der Waals surface area contributed by atoms with Gasteiger partial charge in [-0.05, 0) is 24.1 Å². The maximum atomic E-state index is 15.3. The fourth-order valence-electron chi connectivity index (χ4n) is 4.45. The molecule has 1 fully saturated rings. The summed E-state index contributed by atoms with van der Waals surface area (Å²) in [7, 11) is 1.25. The number of aromatic nitrogens is 6. The third-order valence-electron chi connectivity index (χ3n) is 6.30. The Morgan fingerprint density at radius 3 is 2.89 bits per heavy atom. The molecule has 15 heteroatoms. The molecule has 4 heterocycles. The van der Waals surface area contributed by atoms with Gasteiger partial charge in [-0.2, -0.15) is 4.98 Å². The summed E-state index contributed by atoms with van der Waals surface area (Å²) >= 11 is 0. The van der Waals surface area contributed by atoms with Gasteiger partial charge in [0.05, 0.1) is 37.0 Å². The number of carbonyl (C=O) groups is 1. The number of halogens is 5. The summed E-state index contributed by atoms with van der Waals surface area (Å²) in [4.78, 5) is 16.7. The van der Waals surface area contributed by atoms with Gasteiger partial charge in [-0.3, -0.25) is 4.79 Å². The Morgan fingerprint density at radius 1 is 1.37 bits per heavy atom. The van der Waals surface area contributed by atoms with Crippen molar-refractivity contribution in [3.63, 3.8) is 0 Å². The first-order valence-corrected chi connectivity index (χ1v) is 11.5. The van der Waals surface area contributed by atoms with Crippen LogP contribution in [-0.2, 0) is 11.3 Å². The van der Waals surface area contributed by atoms with Gasteiger partial charge < -0.3 is 15.0 Å². The zero-order valence-electron chi connectivity index (χ0n) is 22.8. The predicted molar refractivity (Wildman–Crippen MR) is 126 cm³/mol. The molecule has 0 spiro atoms. The van der Waals surface area contributed by atoms with Crippen LogP contribution < -0.4 is 10.1 Å². The number of methoxy groups -OCH3 is 1. The largest absolute Gasteiger partial charge is 0.479 e. The van der Waals surface area contributed by atoms with Gasteiger partial charge in [0, 0.05) is 30.5 Å². The highest BCUT2D eigenvalue weighted by Gasteiger charge is 2.46. The molecular formula is C23H23F5N8O2. The number of alkyl halides is 4. The van der Waals surface area contributed by atoms with E-state index in [1.54, 1.807) is 12.1 Å². The average Bonchev–Trinajstić information content (AvgIpc) is 3.46. The molecule has 1 saturated heterocycles. The van der Waals surface area contributed by atoms with Gasteiger partial charge in [-0.1, -0.05) is 11.3 Å². The topological polar surface area (TPSA) is 102 Å². The van der Waals surface area contributed by atoms with E-state index >= 15 is 4.39 Å². The summed E-state index contributed by atoms with van der Waals surface area (Å²) in [5.74, 6) is -6.11. The third-order valence-corrected chi connectivity index (χ3v) is 6.30. The summed E-state index contributed by atoms with van der Waals surface area (Å²) < 4.78 is 99.9. The molecule has 3 aromatic heterocycles. The fraction of sp³-hybridized carbons (Fsp3) is 0.435. The van der Waals surface area contributed by atoms with Crippen molar-refractivity contribution in [2.45, 2.75) is 44.6 Å². The number of fused-ring (bicyclic) bond motifs is 2. The second-order valence-corrected chi connectivity index (χ2v) is 8.76. The Balaban J connectivity index is 1.46. The normalized spacial score (nSPS) is 19.0. The second kappa shape index (κ2) is 9.68. The molecule has 202 valence electrons. The minimum atomic E-state index is -3.53. The molecule has 4 aromatic rings. The molecule has 0 saturated carbocycles. The lowest BCUT2D eigenvalue weighted by Crippen LogP contribution is -2.55. The lowest BCUT2D eigenvalue weighted by molar-refractivity contribution is -0.140. The highest BCUT2D eigenvalue weighted by molar-refractivity contribution is 5.89. The number of anilines is 1. The van der Waals surface area contributed by atoms with Gasteiger partial charge in [-0.15, -0.1) is 10.2 Å². The van der Waals surface area contributed by atoms with Crippen molar-refractivity contribution in [1.29, 1.82) is 0 Å². The van der Waals surface area contributed by atoms with Crippen LogP contribution in [0.1, 0.15) is 23.8 Å². The molecule has 0 bridgehead atoms. The predicted octanol–water partition coefficient (Wildman–Crippen LogP) is 3.61. The van der Waals surface area contributed by atoms with Crippen molar-refractivity contribution in [3.8, 4) is 17.0 Å². The number of piperidine rings is 1. The monoisotopic (exact) mass is 541 g/mol. The number of hydrogen-bond donors (Lipinski definition) is 1. The second-order valence-electron chi connectivity index (χ2n) is 8.76. The van der Waals surface area contributed by atoms with Crippen molar-refractivity contribution in [3.05, 3.63) is 30.2 Å². The molecule has 1 atom stereocenters. The maximum absolute atomic E-state index is 15.3. The van der Waals surface area contributed by atoms with Crippen molar-refractivity contribution in [1.82, 2.24) is 34.5 Å². The molecule has 0 unspecified atom stereocenters. The maximum Gasteiger partial charge on any atom is 0.285 e. The molecular weight excluding hydrogens is 515 g/mol. The number of benzene rings is 1. The van der Waals surface area contributed by atoms with Crippen LogP contribution in [0, 0.1) is 5.82 Å². The Bertz CT molecular complexity index is 1610. The number of likely N-dealkylation sites (tertiary alicyclic amines) is 1. The van der Waals surface area contributed by atoms with Gasteiger partial charge in [0.15, 0.2) is 5.82 Å². The van der Waals surface area contributed by atoms with Crippen molar-refractivity contribution < 1.29 is 35.6 Å². The van der Waals surface area contributed by atoms with Crippen LogP contribution in [0.15, 0.2) is 24.4 Å². The van der Waals surface area contributed by atoms with Crippen LogP contribution in [-0.4, -0.2) is 79.0 Å². The summed E-state index contributed by atoms with van der Waals surface area (Å²) in [6.07, 6.45) is -2.29.